The fourth-order valence-corrected chi connectivity index (χ4v) is 5.00. The molecule has 38 heavy (non-hydrogen) atoms. The minimum atomic E-state index is 0.0329. The van der Waals surface area contributed by atoms with Crippen molar-refractivity contribution in [2.75, 3.05) is 32.8 Å². The van der Waals surface area contributed by atoms with Crippen LogP contribution in [-0.4, -0.2) is 37.7 Å². The molecule has 0 saturated heterocycles. The van der Waals surface area contributed by atoms with Crippen LogP contribution < -0.4 is 0 Å². The predicted octanol–water partition coefficient (Wildman–Crippen LogP) is 11.0. The quantitative estimate of drug-likeness (QED) is 0.0398. The summed E-state index contributed by atoms with van der Waals surface area (Å²) in [5.41, 5.74) is 1.48. The van der Waals surface area contributed by atoms with E-state index in [1.165, 1.54) is 121 Å². The van der Waals surface area contributed by atoms with E-state index in [1.807, 2.05) is 0 Å². The SMILES string of the molecule is C=C(CCCCC)CCCCCCCN(CCCCCC(C)(C)C(=C)OCCCCCCCC)CCN=O. The van der Waals surface area contributed by atoms with Gasteiger partial charge in [-0.15, -0.1) is 0 Å². The molecule has 0 bridgehead atoms. The van der Waals surface area contributed by atoms with Gasteiger partial charge in [0.25, 0.3) is 0 Å². The van der Waals surface area contributed by atoms with Crippen molar-refractivity contribution in [3.8, 4) is 0 Å². The molecule has 0 aromatic heterocycles. The lowest BCUT2D eigenvalue weighted by Crippen LogP contribution is -2.28. The molecule has 0 amide bonds. The van der Waals surface area contributed by atoms with E-state index in [9.17, 15) is 4.91 Å². The van der Waals surface area contributed by atoms with Gasteiger partial charge in [0, 0.05) is 12.0 Å². The first-order valence-corrected chi connectivity index (χ1v) is 16.4. The second-order valence-corrected chi connectivity index (χ2v) is 12.2. The Bertz CT molecular complexity index is 573. The van der Waals surface area contributed by atoms with Gasteiger partial charge >= 0.3 is 0 Å². The Morgan fingerprint density at radius 2 is 1.18 bits per heavy atom. The summed E-state index contributed by atoms with van der Waals surface area (Å²) in [5, 5.41) is 3.11. The van der Waals surface area contributed by atoms with Gasteiger partial charge in [-0.05, 0) is 64.5 Å². The Balaban J connectivity index is 3.95. The molecule has 0 atom stereocenters. The summed E-state index contributed by atoms with van der Waals surface area (Å²) in [6.07, 6.45) is 25.2. The van der Waals surface area contributed by atoms with Crippen LogP contribution >= 0.6 is 0 Å². The zero-order valence-corrected chi connectivity index (χ0v) is 26.3. The number of rotatable bonds is 30. The maximum Gasteiger partial charge on any atom is 0.0944 e. The standard InChI is InChI=1S/C34H66N2O2/c1-7-9-11-12-16-23-31-38-33(4)34(5,6)26-20-17-22-29-36(30-27-35-37)28-21-15-13-14-19-25-32(3)24-18-10-8-2/h3-4,7-31H2,1-2,5-6H3. The molecule has 0 saturated carbocycles. The lowest BCUT2D eigenvalue weighted by molar-refractivity contribution is 0.133. The van der Waals surface area contributed by atoms with E-state index < -0.39 is 0 Å². The average molecular weight is 535 g/mol. The monoisotopic (exact) mass is 535 g/mol. The van der Waals surface area contributed by atoms with Crippen molar-refractivity contribution in [1.82, 2.24) is 4.90 Å². The molecule has 0 unspecified atom stereocenters. The number of hydrogen-bond acceptors (Lipinski definition) is 4. The summed E-state index contributed by atoms with van der Waals surface area (Å²) in [4.78, 5) is 13.1. The van der Waals surface area contributed by atoms with Gasteiger partial charge in [0.15, 0.2) is 0 Å². The van der Waals surface area contributed by atoms with Crippen LogP contribution in [0.2, 0.25) is 0 Å². The smallest absolute Gasteiger partial charge is 0.0944 e. The van der Waals surface area contributed by atoms with Crippen LogP contribution in [0.3, 0.4) is 0 Å². The van der Waals surface area contributed by atoms with Gasteiger partial charge in [-0.2, -0.15) is 4.91 Å². The highest BCUT2D eigenvalue weighted by molar-refractivity contribution is 4.98. The summed E-state index contributed by atoms with van der Waals surface area (Å²) in [6.45, 7) is 21.7. The Morgan fingerprint density at radius 1 is 0.684 bits per heavy atom. The zero-order valence-electron chi connectivity index (χ0n) is 26.3. The van der Waals surface area contributed by atoms with E-state index in [2.05, 4.69) is 50.9 Å². The lowest BCUT2D eigenvalue weighted by atomic mass is 9.85. The van der Waals surface area contributed by atoms with Crippen LogP contribution in [0.15, 0.2) is 29.7 Å². The van der Waals surface area contributed by atoms with Gasteiger partial charge in [0.1, 0.15) is 0 Å². The molecule has 0 aromatic rings. The Hall–Kier alpha value is -1.16. The molecule has 0 rings (SSSR count). The highest BCUT2D eigenvalue weighted by Gasteiger charge is 2.22. The molecule has 0 aliphatic carbocycles. The van der Waals surface area contributed by atoms with E-state index in [1.54, 1.807) is 0 Å². The molecule has 4 heteroatoms. The molecule has 4 nitrogen and oxygen atoms in total. The summed E-state index contributed by atoms with van der Waals surface area (Å²) >= 11 is 0. The fraction of sp³-hybridized carbons (Fsp3) is 0.882. The fourth-order valence-electron chi connectivity index (χ4n) is 5.00. The van der Waals surface area contributed by atoms with Crippen molar-refractivity contribution in [2.45, 2.75) is 156 Å². The van der Waals surface area contributed by atoms with Crippen LogP contribution in [0.25, 0.3) is 0 Å². The van der Waals surface area contributed by atoms with Gasteiger partial charge in [0.2, 0.25) is 0 Å². The summed E-state index contributed by atoms with van der Waals surface area (Å²) in [7, 11) is 0. The van der Waals surface area contributed by atoms with Crippen LogP contribution in [0.5, 0.6) is 0 Å². The maximum absolute atomic E-state index is 10.7. The Labute approximate surface area is 238 Å². The largest absolute Gasteiger partial charge is 0.498 e. The molecule has 0 spiro atoms. The number of nitroso groups, excluding NO2 is 1. The van der Waals surface area contributed by atoms with E-state index in [0.717, 1.165) is 44.8 Å². The van der Waals surface area contributed by atoms with Crippen molar-refractivity contribution >= 4 is 0 Å². The molecule has 224 valence electrons. The molecule has 0 N–H and O–H groups in total. The summed E-state index contributed by atoms with van der Waals surface area (Å²) in [6, 6.07) is 0. The van der Waals surface area contributed by atoms with Crippen LogP contribution in [0, 0.1) is 10.3 Å². The average Bonchev–Trinajstić information content (AvgIpc) is 2.89. The molecule has 0 aliphatic heterocycles. The molecular weight excluding hydrogens is 468 g/mol. The molecule has 0 aliphatic rings. The van der Waals surface area contributed by atoms with Gasteiger partial charge in [0.05, 0.1) is 18.9 Å². The molecule has 0 aromatic carbocycles. The third-order valence-corrected chi connectivity index (χ3v) is 7.95. The van der Waals surface area contributed by atoms with Gasteiger partial charge < -0.3 is 9.64 Å². The molecule has 0 radical (unpaired) electrons. The molecule has 0 heterocycles. The van der Waals surface area contributed by atoms with E-state index in [4.69, 9.17) is 4.74 Å². The third-order valence-electron chi connectivity index (χ3n) is 7.95. The Kier molecular flexibility index (Phi) is 25.3. The first kappa shape index (κ1) is 36.8. The van der Waals surface area contributed by atoms with Gasteiger partial charge in [-0.25, -0.2) is 0 Å². The van der Waals surface area contributed by atoms with E-state index >= 15 is 0 Å². The minimum absolute atomic E-state index is 0.0329. The molecular formula is C34H66N2O2. The van der Waals surface area contributed by atoms with E-state index in [-0.39, 0.29) is 5.41 Å². The second-order valence-electron chi connectivity index (χ2n) is 12.2. The van der Waals surface area contributed by atoms with Crippen molar-refractivity contribution < 1.29 is 4.74 Å². The first-order valence-electron chi connectivity index (χ1n) is 16.4. The number of nitrogens with zero attached hydrogens (tertiary/aromatic N) is 2. The lowest BCUT2D eigenvalue weighted by Gasteiger charge is -2.27. The van der Waals surface area contributed by atoms with Gasteiger partial charge in [-0.1, -0.05) is 129 Å². The Morgan fingerprint density at radius 3 is 1.82 bits per heavy atom. The van der Waals surface area contributed by atoms with Crippen LogP contribution in [0.1, 0.15) is 156 Å². The van der Waals surface area contributed by atoms with Crippen molar-refractivity contribution in [2.24, 2.45) is 10.6 Å². The molecule has 0 fully saturated rings. The van der Waals surface area contributed by atoms with E-state index in [0.29, 0.717) is 6.54 Å². The van der Waals surface area contributed by atoms with Crippen molar-refractivity contribution in [3.05, 3.63) is 29.4 Å². The minimum Gasteiger partial charge on any atom is -0.498 e. The highest BCUT2D eigenvalue weighted by atomic mass is 16.5. The van der Waals surface area contributed by atoms with Crippen molar-refractivity contribution in [1.29, 1.82) is 0 Å². The van der Waals surface area contributed by atoms with Gasteiger partial charge in [-0.3, -0.25) is 0 Å². The van der Waals surface area contributed by atoms with Crippen LogP contribution in [-0.2, 0) is 4.74 Å². The first-order chi connectivity index (χ1) is 18.4. The maximum atomic E-state index is 10.7. The summed E-state index contributed by atoms with van der Waals surface area (Å²) in [5.74, 6) is 0.950. The topological polar surface area (TPSA) is 41.9 Å². The number of unbranched alkanes of at least 4 members (excludes halogenated alkanes) is 13. The normalized spacial score (nSPS) is 11.7. The number of hydrogen-bond donors (Lipinski definition) is 0. The zero-order chi connectivity index (χ0) is 28.3. The second kappa shape index (κ2) is 26.1. The van der Waals surface area contributed by atoms with Crippen molar-refractivity contribution in [3.63, 3.8) is 0 Å². The van der Waals surface area contributed by atoms with Crippen LogP contribution in [0.4, 0.5) is 0 Å². The highest BCUT2D eigenvalue weighted by Crippen LogP contribution is 2.32. The number of allylic oxidation sites excluding steroid dienone is 2. The number of ether oxygens (including phenoxy) is 1. The predicted molar refractivity (Wildman–Crippen MR) is 169 cm³/mol. The third kappa shape index (κ3) is 22.8. The summed E-state index contributed by atoms with van der Waals surface area (Å²) < 4.78 is 6.02.